The zero-order valence-corrected chi connectivity index (χ0v) is 19.9. The van der Waals surface area contributed by atoms with Gasteiger partial charge in [-0.2, -0.15) is 0 Å². The van der Waals surface area contributed by atoms with E-state index in [1.807, 2.05) is 42.5 Å². The summed E-state index contributed by atoms with van der Waals surface area (Å²) in [4.78, 5) is 28.0. The molecule has 8 heteroatoms. The van der Waals surface area contributed by atoms with Crippen LogP contribution in [0, 0.1) is 0 Å². The highest BCUT2D eigenvalue weighted by Crippen LogP contribution is 2.41. The average molecular weight is 488 g/mol. The van der Waals surface area contributed by atoms with Crippen LogP contribution in [0.15, 0.2) is 72.3 Å². The molecule has 2 aliphatic heterocycles. The first kappa shape index (κ1) is 23.3. The van der Waals surface area contributed by atoms with E-state index >= 15 is 0 Å². The van der Waals surface area contributed by atoms with E-state index in [-0.39, 0.29) is 24.7 Å². The third-order valence-corrected chi connectivity index (χ3v) is 6.39. The molecule has 1 saturated heterocycles. The molecule has 1 atom stereocenters. The Bertz CT molecular complexity index is 1350. The van der Waals surface area contributed by atoms with Crippen LogP contribution >= 0.6 is 0 Å². The number of ketones is 1. The summed E-state index contributed by atoms with van der Waals surface area (Å²) in [6.07, 6.45) is 0.473. The van der Waals surface area contributed by atoms with Crippen LogP contribution in [0.2, 0.25) is 0 Å². The van der Waals surface area contributed by atoms with E-state index in [4.69, 9.17) is 18.9 Å². The van der Waals surface area contributed by atoms with Crippen molar-refractivity contribution in [3.63, 3.8) is 0 Å². The SMILES string of the molecule is COc1ccc(CCN2C(=O)C(=O)/C(=C(\O)c3ccc4c(c3)OCO4)C2c2ccccc2)cc1OC. The first-order valence-corrected chi connectivity index (χ1v) is 11.5. The first-order valence-electron chi connectivity index (χ1n) is 11.5. The number of fused-ring (bicyclic) bond motifs is 1. The minimum absolute atomic E-state index is 0.0392. The van der Waals surface area contributed by atoms with Gasteiger partial charge >= 0.3 is 0 Å². The summed E-state index contributed by atoms with van der Waals surface area (Å²) in [7, 11) is 3.13. The summed E-state index contributed by atoms with van der Waals surface area (Å²) in [6, 6.07) is 18.9. The predicted molar refractivity (Wildman–Crippen MR) is 131 cm³/mol. The maximum atomic E-state index is 13.2. The molecular formula is C28H25NO7. The highest BCUT2D eigenvalue weighted by molar-refractivity contribution is 6.46. The van der Waals surface area contributed by atoms with Crippen LogP contribution in [-0.2, 0) is 16.0 Å². The molecule has 1 fully saturated rings. The average Bonchev–Trinajstić information content (AvgIpc) is 3.49. The molecule has 0 bridgehead atoms. The third-order valence-electron chi connectivity index (χ3n) is 6.39. The number of aliphatic hydroxyl groups is 1. The number of carbonyl (C=O) groups is 2. The van der Waals surface area contributed by atoms with Crippen molar-refractivity contribution < 1.29 is 33.6 Å². The lowest BCUT2D eigenvalue weighted by Gasteiger charge is -2.25. The molecule has 2 heterocycles. The molecule has 2 aliphatic rings. The molecule has 5 rings (SSSR count). The Balaban J connectivity index is 1.52. The largest absolute Gasteiger partial charge is 0.507 e. The second-order valence-electron chi connectivity index (χ2n) is 8.41. The lowest BCUT2D eigenvalue weighted by Crippen LogP contribution is -2.31. The normalized spacial score (nSPS) is 17.9. The van der Waals surface area contributed by atoms with Gasteiger partial charge in [-0.05, 0) is 47.9 Å². The standard InChI is InChI=1S/C28H25NO7/c1-33-20-10-8-17(14-22(20)34-2)12-13-29-25(18-6-4-3-5-7-18)24(27(31)28(29)32)26(30)19-9-11-21-23(15-19)36-16-35-21/h3-11,14-15,25,30H,12-13,16H2,1-2H3/b26-24-. The molecule has 184 valence electrons. The molecule has 3 aromatic carbocycles. The van der Waals surface area contributed by atoms with E-state index in [9.17, 15) is 14.7 Å². The lowest BCUT2D eigenvalue weighted by atomic mass is 9.95. The molecule has 1 amide bonds. The van der Waals surface area contributed by atoms with Gasteiger partial charge in [0.1, 0.15) is 5.76 Å². The number of hydrogen-bond donors (Lipinski definition) is 1. The van der Waals surface area contributed by atoms with Gasteiger partial charge in [0.25, 0.3) is 11.7 Å². The number of Topliss-reactive ketones (excluding diaryl/α,β-unsaturated/α-hetero) is 1. The number of benzene rings is 3. The molecule has 1 unspecified atom stereocenters. The summed E-state index contributed by atoms with van der Waals surface area (Å²) in [5, 5.41) is 11.3. The number of carbonyl (C=O) groups excluding carboxylic acids is 2. The number of hydrogen-bond acceptors (Lipinski definition) is 7. The van der Waals surface area contributed by atoms with E-state index in [0.717, 1.165) is 11.1 Å². The van der Waals surface area contributed by atoms with Gasteiger partial charge in [-0.25, -0.2) is 0 Å². The van der Waals surface area contributed by atoms with Crippen LogP contribution in [0.1, 0.15) is 22.7 Å². The van der Waals surface area contributed by atoms with Gasteiger partial charge in [-0.1, -0.05) is 36.4 Å². The van der Waals surface area contributed by atoms with E-state index in [2.05, 4.69) is 0 Å². The summed E-state index contributed by atoms with van der Waals surface area (Å²) >= 11 is 0. The summed E-state index contributed by atoms with van der Waals surface area (Å²) in [6.45, 7) is 0.349. The Labute approximate surface area is 208 Å². The number of methoxy groups -OCH3 is 2. The summed E-state index contributed by atoms with van der Waals surface area (Å²) < 4.78 is 21.4. The van der Waals surface area contributed by atoms with E-state index in [1.54, 1.807) is 38.5 Å². The molecule has 0 saturated carbocycles. The van der Waals surface area contributed by atoms with E-state index in [0.29, 0.717) is 35.0 Å². The second-order valence-corrected chi connectivity index (χ2v) is 8.41. The van der Waals surface area contributed by atoms with Crippen LogP contribution in [0.25, 0.3) is 5.76 Å². The van der Waals surface area contributed by atoms with Crippen molar-refractivity contribution in [2.24, 2.45) is 0 Å². The van der Waals surface area contributed by atoms with Gasteiger partial charge in [0.2, 0.25) is 6.79 Å². The van der Waals surface area contributed by atoms with E-state index in [1.165, 1.54) is 4.90 Å². The number of rotatable bonds is 7. The van der Waals surface area contributed by atoms with Crippen molar-refractivity contribution in [2.45, 2.75) is 12.5 Å². The monoisotopic (exact) mass is 487 g/mol. The van der Waals surface area contributed by atoms with Crippen molar-refractivity contribution in [3.05, 3.63) is 89.0 Å². The maximum Gasteiger partial charge on any atom is 0.295 e. The van der Waals surface area contributed by atoms with Crippen LogP contribution in [0.4, 0.5) is 0 Å². The molecule has 1 N–H and O–H groups in total. The lowest BCUT2D eigenvalue weighted by molar-refractivity contribution is -0.139. The van der Waals surface area contributed by atoms with Gasteiger partial charge in [0.05, 0.1) is 25.8 Å². The topological polar surface area (TPSA) is 94.5 Å². The highest BCUT2D eigenvalue weighted by atomic mass is 16.7. The number of aliphatic hydroxyl groups excluding tert-OH is 1. The van der Waals surface area contributed by atoms with Gasteiger partial charge in [-0.3, -0.25) is 9.59 Å². The second kappa shape index (κ2) is 9.65. The first-order chi connectivity index (χ1) is 17.5. The quantitative estimate of drug-likeness (QED) is 0.305. The zero-order valence-electron chi connectivity index (χ0n) is 19.9. The molecule has 0 spiro atoms. The Morgan fingerprint density at radius 1 is 0.944 bits per heavy atom. The number of amides is 1. The van der Waals surface area contributed by atoms with Crippen molar-refractivity contribution in [3.8, 4) is 23.0 Å². The van der Waals surface area contributed by atoms with Crippen molar-refractivity contribution in [1.82, 2.24) is 4.90 Å². The Kier molecular flexibility index (Phi) is 6.25. The molecule has 0 radical (unpaired) electrons. The predicted octanol–water partition coefficient (Wildman–Crippen LogP) is 4.10. The van der Waals surface area contributed by atoms with E-state index < -0.39 is 17.7 Å². The zero-order chi connectivity index (χ0) is 25.2. The Morgan fingerprint density at radius 2 is 1.69 bits per heavy atom. The fourth-order valence-electron chi connectivity index (χ4n) is 4.58. The number of nitrogens with zero attached hydrogens (tertiary/aromatic N) is 1. The van der Waals surface area contributed by atoms with Gasteiger partial charge < -0.3 is 29.0 Å². The van der Waals surface area contributed by atoms with Crippen molar-refractivity contribution in [2.75, 3.05) is 27.6 Å². The molecule has 3 aromatic rings. The smallest absolute Gasteiger partial charge is 0.295 e. The van der Waals surface area contributed by atoms with Crippen LogP contribution in [-0.4, -0.2) is 49.3 Å². The molecular weight excluding hydrogens is 462 g/mol. The third kappa shape index (κ3) is 4.11. The van der Waals surface area contributed by atoms with Gasteiger partial charge in [0, 0.05) is 12.1 Å². The fraction of sp³-hybridized carbons (Fsp3) is 0.214. The minimum Gasteiger partial charge on any atom is -0.507 e. The van der Waals surface area contributed by atoms with Crippen LogP contribution < -0.4 is 18.9 Å². The molecule has 36 heavy (non-hydrogen) atoms. The Hall–Kier alpha value is -4.46. The van der Waals surface area contributed by atoms with Crippen LogP contribution in [0.5, 0.6) is 23.0 Å². The summed E-state index contributed by atoms with van der Waals surface area (Å²) in [5.41, 5.74) is 2.05. The van der Waals surface area contributed by atoms with Crippen molar-refractivity contribution in [1.29, 1.82) is 0 Å². The van der Waals surface area contributed by atoms with Gasteiger partial charge in [-0.15, -0.1) is 0 Å². The summed E-state index contributed by atoms with van der Waals surface area (Å²) in [5.74, 6) is 0.570. The van der Waals surface area contributed by atoms with Gasteiger partial charge in [0.15, 0.2) is 23.0 Å². The maximum absolute atomic E-state index is 13.2. The highest BCUT2D eigenvalue weighted by Gasteiger charge is 2.45. The molecule has 8 nitrogen and oxygen atoms in total. The molecule has 0 aliphatic carbocycles. The number of ether oxygens (including phenoxy) is 4. The Morgan fingerprint density at radius 3 is 2.44 bits per heavy atom. The number of likely N-dealkylation sites (tertiary alicyclic amines) is 1. The van der Waals surface area contributed by atoms with Crippen molar-refractivity contribution >= 4 is 17.4 Å². The fourth-order valence-corrected chi connectivity index (χ4v) is 4.58. The minimum atomic E-state index is -0.739. The van der Waals surface area contributed by atoms with Crippen LogP contribution in [0.3, 0.4) is 0 Å². The molecule has 0 aromatic heterocycles.